The maximum absolute atomic E-state index is 6.77. The molecule has 0 aromatic carbocycles. The number of unbranched alkanes of at least 4 members (excludes halogenated alkanes) is 1. The van der Waals surface area contributed by atoms with Crippen LogP contribution in [0.15, 0.2) is 11.8 Å². The first-order valence-electron chi connectivity index (χ1n) is 3.67. The third-order valence-corrected chi connectivity index (χ3v) is 1.36. The normalized spacial score (nSPS) is 11.2. The lowest BCUT2D eigenvalue weighted by Gasteiger charge is -2.02. The molecule has 0 saturated carbocycles. The second-order valence-corrected chi connectivity index (χ2v) is 2.24. The summed E-state index contributed by atoms with van der Waals surface area (Å²) < 4.78 is 0. The average molecular weight is 140 g/mol. The third-order valence-electron chi connectivity index (χ3n) is 1.36. The molecule has 0 aromatic heterocycles. The van der Waals surface area contributed by atoms with Gasteiger partial charge in [-0.25, -0.2) is 0 Å². The van der Waals surface area contributed by atoms with Crippen molar-refractivity contribution < 1.29 is 0 Å². The summed E-state index contributed by atoms with van der Waals surface area (Å²) in [7, 11) is 0. The van der Waals surface area contributed by atoms with E-state index in [0.29, 0.717) is 0 Å². The number of allylic oxidation sites excluding steroid dienone is 2. The smallest absolute Gasteiger partial charge is 0.0147 e. The number of rotatable bonds is 5. The van der Waals surface area contributed by atoms with E-state index in [-0.39, 0.29) is 0 Å². The molecule has 0 bridgehead atoms. The first kappa shape index (κ1) is 9.21. The van der Waals surface area contributed by atoms with Crippen molar-refractivity contribution in [2.24, 2.45) is 0 Å². The molecule has 10 heavy (non-hydrogen) atoms. The molecule has 0 fully saturated rings. The molecule has 2 heteroatoms. The Bertz CT molecular complexity index is 116. The molecule has 0 aromatic rings. The zero-order valence-electron chi connectivity index (χ0n) is 6.78. The lowest BCUT2D eigenvalue weighted by atomic mass is 10.3. The van der Waals surface area contributed by atoms with Crippen molar-refractivity contribution in [2.75, 3.05) is 6.54 Å². The zero-order chi connectivity index (χ0) is 7.82. The van der Waals surface area contributed by atoms with Crippen LogP contribution in [0, 0.1) is 5.41 Å². The van der Waals surface area contributed by atoms with Gasteiger partial charge in [-0.3, -0.25) is 0 Å². The molecule has 0 unspecified atom stereocenters. The van der Waals surface area contributed by atoms with Crippen LogP contribution < -0.4 is 5.32 Å². The van der Waals surface area contributed by atoms with E-state index in [2.05, 4.69) is 5.32 Å². The fourth-order valence-electron chi connectivity index (χ4n) is 0.592. The topological polar surface area (TPSA) is 35.9 Å². The van der Waals surface area contributed by atoms with E-state index >= 15 is 0 Å². The minimum absolute atomic E-state index is 0.879. The molecule has 0 radical (unpaired) electrons. The molecular weight excluding hydrogens is 124 g/mol. The van der Waals surface area contributed by atoms with E-state index in [1.807, 2.05) is 19.9 Å². The van der Waals surface area contributed by atoms with Crippen LogP contribution in [0.25, 0.3) is 0 Å². The lowest BCUT2D eigenvalue weighted by Crippen LogP contribution is -2.12. The summed E-state index contributed by atoms with van der Waals surface area (Å²) >= 11 is 0. The van der Waals surface area contributed by atoms with Crippen LogP contribution in [-0.2, 0) is 0 Å². The van der Waals surface area contributed by atoms with Crippen LogP contribution in [0.5, 0.6) is 0 Å². The molecule has 0 spiro atoms. The molecule has 0 amide bonds. The Morgan fingerprint density at radius 2 is 2.30 bits per heavy atom. The highest BCUT2D eigenvalue weighted by atomic mass is 14.9. The molecule has 0 heterocycles. The van der Waals surface area contributed by atoms with Gasteiger partial charge < -0.3 is 10.7 Å². The molecule has 0 atom stereocenters. The van der Waals surface area contributed by atoms with Crippen molar-refractivity contribution in [1.29, 1.82) is 5.41 Å². The first-order chi connectivity index (χ1) is 4.81. The standard InChI is InChI=1S/C8H16N2/c1-3-8(2)10-7-5-4-6-9/h3,6,9-10H,4-5,7H2,1-2H3/b8-3+,9-6?. The Balaban J connectivity index is 3.11. The van der Waals surface area contributed by atoms with E-state index in [1.54, 1.807) is 0 Å². The second-order valence-electron chi connectivity index (χ2n) is 2.24. The van der Waals surface area contributed by atoms with E-state index < -0.39 is 0 Å². The van der Waals surface area contributed by atoms with Crippen LogP contribution in [0.1, 0.15) is 26.7 Å². The fraction of sp³-hybridized carbons (Fsp3) is 0.625. The Morgan fingerprint density at radius 1 is 1.60 bits per heavy atom. The van der Waals surface area contributed by atoms with Crippen LogP contribution >= 0.6 is 0 Å². The summed E-state index contributed by atoms with van der Waals surface area (Å²) in [5.74, 6) is 0. The Kier molecular flexibility index (Phi) is 5.83. The van der Waals surface area contributed by atoms with Gasteiger partial charge in [-0.15, -0.1) is 0 Å². The second kappa shape index (κ2) is 6.33. The monoisotopic (exact) mass is 140 g/mol. The molecule has 0 saturated heterocycles. The van der Waals surface area contributed by atoms with Gasteiger partial charge in [-0.05, 0) is 32.9 Å². The molecular formula is C8H16N2. The Hall–Kier alpha value is -0.790. The maximum Gasteiger partial charge on any atom is 0.0147 e. The highest BCUT2D eigenvalue weighted by Crippen LogP contribution is 1.87. The van der Waals surface area contributed by atoms with Crippen molar-refractivity contribution in [3.8, 4) is 0 Å². The maximum atomic E-state index is 6.77. The molecule has 2 nitrogen and oxygen atoms in total. The van der Waals surface area contributed by atoms with E-state index in [1.165, 1.54) is 11.9 Å². The molecule has 0 aliphatic heterocycles. The summed E-state index contributed by atoms with van der Waals surface area (Å²) in [6.07, 6.45) is 5.43. The van der Waals surface area contributed by atoms with Gasteiger partial charge in [0.05, 0.1) is 0 Å². The SMILES string of the molecule is C/C=C(\C)NCCCC=N. The van der Waals surface area contributed by atoms with Gasteiger partial charge in [0.25, 0.3) is 0 Å². The summed E-state index contributed by atoms with van der Waals surface area (Å²) in [4.78, 5) is 0. The molecule has 2 N–H and O–H groups in total. The third kappa shape index (κ3) is 5.35. The van der Waals surface area contributed by atoms with Crippen LogP contribution in [-0.4, -0.2) is 12.8 Å². The van der Waals surface area contributed by atoms with Gasteiger partial charge in [0.2, 0.25) is 0 Å². The predicted molar refractivity (Wildman–Crippen MR) is 45.5 cm³/mol. The van der Waals surface area contributed by atoms with Gasteiger partial charge in [0, 0.05) is 12.2 Å². The summed E-state index contributed by atoms with van der Waals surface area (Å²) in [5.41, 5.74) is 1.21. The van der Waals surface area contributed by atoms with E-state index in [0.717, 1.165) is 19.4 Å². The van der Waals surface area contributed by atoms with Crippen molar-refractivity contribution in [3.63, 3.8) is 0 Å². The number of hydrogen-bond acceptors (Lipinski definition) is 2. The van der Waals surface area contributed by atoms with Gasteiger partial charge in [-0.1, -0.05) is 6.08 Å². The highest BCUT2D eigenvalue weighted by molar-refractivity contribution is 5.52. The fourth-order valence-corrected chi connectivity index (χ4v) is 0.592. The molecule has 0 aliphatic carbocycles. The summed E-state index contributed by atoms with van der Waals surface area (Å²) in [5, 5.41) is 9.99. The minimum Gasteiger partial charge on any atom is -0.389 e. The highest BCUT2D eigenvalue weighted by Gasteiger charge is 1.84. The van der Waals surface area contributed by atoms with Crippen molar-refractivity contribution in [1.82, 2.24) is 5.32 Å². The number of hydrogen-bond donors (Lipinski definition) is 2. The van der Waals surface area contributed by atoms with E-state index in [9.17, 15) is 0 Å². The van der Waals surface area contributed by atoms with Crippen LogP contribution in [0.2, 0.25) is 0 Å². The van der Waals surface area contributed by atoms with Gasteiger partial charge >= 0.3 is 0 Å². The lowest BCUT2D eigenvalue weighted by molar-refractivity contribution is 0.747. The predicted octanol–water partition coefficient (Wildman–Crippen LogP) is 1.93. The zero-order valence-corrected chi connectivity index (χ0v) is 6.78. The average Bonchev–Trinajstić information content (AvgIpc) is 1.98. The van der Waals surface area contributed by atoms with Crippen molar-refractivity contribution in [3.05, 3.63) is 11.8 Å². The molecule has 58 valence electrons. The van der Waals surface area contributed by atoms with Gasteiger partial charge in [-0.2, -0.15) is 0 Å². The largest absolute Gasteiger partial charge is 0.389 e. The quantitative estimate of drug-likeness (QED) is 0.444. The van der Waals surface area contributed by atoms with Gasteiger partial charge in [0.1, 0.15) is 0 Å². The number of nitrogens with one attached hydrogen (secondary N) is 2. The minimum atomic E-state index is 0.879. The molecule has 0 rings (SSSR count). The van der Waals surface area contributed by atoms with Crippen LogP contribution in [0.4, 0.5) is 0 Å². The van der Waals surface area contributed by atoms with Crippen LogP contribution in [0.3, 0.4) is 0 Å². The summed E-state index contributed by atoms with van der Waals surface area (Å²) in [6.45, 7) is 5.04. The van der Waals surface area contributed by atoms with Crippen molar-refractivity contribution >= 4 is 6.21 Å². The summed E-state index contributed by atoms with van der Waals surface area (Å²) in [6, 6.07) is 0. The molecule has 0 aliphatic rings. The van der Waals surface area contributed by atoms with Gasteiger partial charge in [0.15, 0.2) is 0 Å². The first-order valence-corrected chi connectivity index (χ1v) is 3.67. The van der Waals surface area contributed by atoms with E-state index in [4.69, 9.17) is 5.41 Å². The van der Waals surface area contributed by atoms with Crippen molar-refractivity contribution in [2.45, 2.75) is 26.7 Å². The Labute approximate surface area is 62.8 Å². The Morgan fingerprint density at radius 3 is 2.80 bits per heavy atom.